The fourth-order valence-corrected chi connectivity index (χ4v) is 3.24. The summed E-state index contributed by atoms with van der Waals surface area (Å²) in [5.74, 6) is 0. The fourth-order valence-electron chi connectivity index (χ4n) is 1.40. The monoisotopic (exact) mass is 218 g/mol. The largest absolute Gasteiger partial charge is 0.392 e. The number of hydrogen-bond acceptors (Lipinski definition) is 1. The van der Waals surface area contributed by atoms with Crippen molar-refractivity contribution in [2.75, 3.05) is 6.61 Å². The van der Waals surface area contributed by atoms with Crippen molar-refractivity contribution in [1.29, 1.82) is 0 Å². The molecule has 0 saturated heterocycles. The summed E-state index contributed by atoms with van der Waals surface area (Å²) < 4.78 is 0. The number of aliphatic hydroxyl groups is 1. The smallest absolute Gasteiger partial charge is 0.104 e. The first-order valence-corrected chi connectivity index (χ1v) is 8.25. The Morgan fingerprint density at radius 2 is 1.80 bits per heavy atom. The van der Waals surface area contributed by atoms with E-state index < -0.39 is 8.07 Å². The maximum Gasteiger partial charge on any atom is 0.104 e. The first kappa shape index (κ1) is 11.9. The highest BCUT2D eigenvalue weighted by molar-refractivity contribution is 6.93. The standard InChI is InChI=1S/C13H18OSi/c1-15(2,12-8-4-7-11-14)13-9-5-3-6-10-13/h3-10,12,14H,11H2,1-2H3/b7-4+,12-8+. The van der Waals surface area contributed by atoms with Crippen LogP contribution in [0.5, 0.6) is 0 Å². The minimum Gasteiger partial charge on any atom is -0.392 e. The molecule has 0 amide bonds. The SMILES string of the molecule is C[Si](C)(/C=C/C=C/CO)c1ccccc1. The van der Waals surface area contributed by atoms with Crippen LogP contribution in [0.15, 0.2) is 54.3 Å². The lowest BCUT2D eigenvalue weighted by Gasteiger charge is -2.17. The summed E-state index contributed by atoms with van der Waals surface area (Å²) in [5, 5.41) is 10.0. The van der Waals surface area contributed by atoms with E-state index in [1.807, 2.05) is 18.2 Å². The van der Waals surface area contributed by atoms with Gasteiger partial charge in [-0.25, -0.2) is 0 Å². The molecular formula is C13H18OSi. The zero-order valence-corrected chi connectivity index (χ0v) is 10.4. The van der Waals surface area contributed by atoms with Crippen LogP contribution < -0.4 is 5.19 Å². The lowest BCUT2D eigenvalue weighted by Crippen LogP contribution is -2.39. The van der Waals surface area contributed by atoms with Crippen LogP contribution in [-0.4, -0.2) is 19.8 Å². The van der Waals surface area contributed by atoms with Crippen molar-refractivity contribution < 1.29 is 5.11 Å². The summed E-state index contributed by atoms with van der Waals surface area (Å²) in [6, 6.07) is 10.6. The molecular weight excluding hydrogens is 200 g/mol. The number of benzene rings is 1. The van der Waals surface area contributed by atoms with E-state index in [9.17, 15) is 0 Å². The first-order valence-electron chi connectivity index (χ1n) is 5.17. The summed E-state index contributed by atoms with van der Waals surface area (Å²) in [5.41, 5.74) is 2.27. The second-order valence-corrected chi connectivity index (χ2v) is 8.41. The van der Waals surface area contributed by atoms with Crippen LogP contribution >= 0.6 is 0 Å². The molecule has 0 fully saturated rings. The van der Waals surface area contributed by atoms with E-state index in [0.29, 0.717) is 0 Å². The van der Waals surface area contributed by atoms with Crippen molar-refractivity contribution in [1.82, 2.24) is 0 Å². The Morgan fingerprint density at radius 1 is 1.13 bits per heavy atom. The molecule has 0 aliphatic rings. The van der Waals surface area contributed by atoms with E-state index in [0.717, 1.165) is 0 Å². The molecule has 0 saturated carbocycles. The van der Waals surface area contributed by atoms with Crippen LogP contribution in [0.25, 0.3) is 0 Å². The molecule has 0 aliphatic heterocycles. The van der Waals surface area contributed by atoms with Crippen molar-refractivity contribution in [3.63, 3.8) is 0 Å². The lowest BCUT2D eigenvalue weighted by molar-refractivity contribution is 0.343. The van der Waals surface area contributed by atoms with Crippen LogP contribution in [-0.2, 0) is 0 Å². The molecule has 1 N–H and O–H groups in total. The van der Waals surface area contributed by atoms with Gasteiger partial charge in [0, 0.05) is 0 Å². The van der Waals surface area contributed by atoms with Gasteiger partial charge in [0.15, 0.2) is 0 Å². The molecule has 0 unspecified atom stereocenters. The number of rotatable bonds is 4. The molecule has 0 aromatic heterocycles. The Hall–Kier alpha value is -1.12. The Labute approximate surface area is 92.8 Å². The van der Waals surface area contributed by atoms with Crippen LogP contribution in [0.3, 0.4) is 0 Å². The molecule has 80 valence electrons. The van der Waals surface area contributed by atoms with Gasteiger partial charge in [0.2, 0.25) is 0 Å². The van der Waals surface area contributed by atoms with Crippen molar-refractivity contribution in [3.8, 4) is 0 Å². The molecule has 2 heteroatoms. The van der Waals surface area contributed by atoms with Gasteiger partial charge < -0.3 is 5.11 Å². The van der Waals surface area contributed by atoms with Gasteiger partial charge in [-0.1, -0.05) is 72.5 Å². The Kier molecular flexibility index (Phi) is 4.53. The van der Waals surface area contributed by atoms with Crippen molar-refractivity contribution in [2.45, 2.75) is 13.1 Å². The molecule has 0 atom stereocenters. The zero-order valence-electron chi connectivity index (χ0n) is 9.35. The predicted molar refractivity (Wildman–Crippen MR) is 68.9 cm³/mol. The third kappa shape index (κ3) is 3.86. The van der Waals surface area contributed by atoms with Crippen molar-refractivity contribution in [3.05, 3.63) is 54.3 Å². The van der Waals surface area contributed by atoms with Crippen LogP contribution in [0.1, 0.15) is 0 Å². The van der Waals surface area contributed by atoms with E-state index >= 15 is 0 Å². The van der Waals surface area contributed by atoms with E-state index in [-0.39, 0.29) is 6.61 Å². The molecule has 1 aromatic carbocycles. The summed E-state index contributed by atoms with van der Waals surface area (Å²) in [7, 11) is -1.44. The topological polar surface area (TPSA) is 20.2 Å². The Balaban J connectivity index is 2.75. The van der Waals surface area contributed by atoms with Crippen LogP contribution in [0.2, 0.25) is 13.1 Å². The number of aliphatic hydroxyl groups excluding tert-OH is 1. The highest BCUT2D eigenvalue weighted by atomic mass is 28.3. The summed E-state index contributed by atoms with van der Waals surface area (Å²) in [6.45, 7) is 4.73. The first-order chi connectivity index (χ1) is 7.17. The van der Waals surface area contributed by atoms with E-state index in [2.05, 4.69) is 43.1 Å². The van der Waals surface area contributed by atoms with Gasteiger partial charge in [0.05, 0.1) is 6.61 Å². The predicted octanol–water partition coefficient (Wildman–Crippen LogP) is 2.25. The second kappa shape index (κ2) is 5.68. The Morgan fingerprint density at radius 3 is 2.40 bits per heavy atom. The minimum absolute atomic E-state index is 0.109. The number of allylic oxidation sites excluding steroid dienone is 2. The molecule has 0 radical (unpaired) electrons. The molecule has 0 aliphatic carbocycles. The van der Waals surface area contributed by atoms with Gasteiger partial charge in [-0.3, -0.25) is 0 Å². The highest BCUT2D eigenvalue weighted by Crippen LogP contribution is 2.04. The number of hydrogen-bond donors (Lipinski definition) is 1. The van der Waals surface area contributed by atoms with Crippen LogP contribution in [0, 0.1) is 0 Å². The van der Waals surface area contributed by atoms with Crippen molar-refractivity contribution >= 4 is 13.3 Å². The van der Waals surface area contributed by atoms with Gasteiger partial charge in [0.1, 0.15) is 8.07 Å². The quantitative estimate of drug-likeness (QED) is 0.607. The van der Waals surface area contributed by atoms with Gasteiger partial charge >= 0.3 is 0 Å². The summed E-state index contributed by atoms with van der Waals surface area (Å²) in [6.07, 6.45) is 5.68. The molecule has 0 heterocycles. The van der Waals surface area contributed by atoms with Gasteiger partial charge in [-0.15, -0.1) is 0 Å². The molecule has 0 spiro atoms. The zero-order chi connectivity index (χ0) is 11.1. The van der Waals surface area contributed by atoms with E-state index in [4.69, 9.17) is 5.11 Å². The third-order valence-electron chi connectivity index (χ3n) is 2.38. The average Bonchev–Trinajstić information content (AvgIpc) is 2.26. The fraction of sp³-hybridized carbons (Fsp3) is 0.231. The summed E-state index contributed by atoms with van der Waals surface area (Å²) in [4.78, 5) is 0. The minimum atomic E-state index is -1.44. The normalized spacial score (nSPS) is 12.7. The van der Waals surface area contributed by atoms with Gasteiger partial charge in [0.25, 0.3) is 0 Å². The average molecular weight is 218 g/mol. The highest BCUT2D eigenvalue weighted by Gasteiger charge is 2.18. The lowest BCUT2D eigenvalue weighted by atomic mass is 10.4. The molecule has 1 aromatic rings. The van der Waals surface area contributed by atoms with Gasteiger partial charge in [-0.2, -0.15) is 0 Å². The maximum absolute atomic E-state index is 8.60. The van der Waals surface area contributed by atoms with E-state index in [1.54, 1.807) is 6.08 Å². The molecule has 15 heavy (non-hydrogen) atoms. The van der Waals surface area contributed by atoms with E-state index in [1.165, 1.54) is 5.19 Å². The molecule has 1 rings (SSSR count). The molecule has 0 bridgehead atoms. The van der Waals surface area contributed by atoms with Gasteiger partial charge in [-0.05, 0) is 0 Å². The second-order valence-electron chi connectivity index (χ2n) is 4.06. The van der Waals surface area contributed by atoms with Crippen LogP contribution in [0.4, 0.5) is 0 Å². The maximum atomic E-state index is 8.60. The Bertz CT molecular complexity index is 339. The summed E-state index contributed by atoms with van der Waals surface area (Å²) >= 11 is 0. The third-order valence-corrected chi connectivity index (χ3v) is 5.23. The van der Waals surface area contributed by atoms with Crippen molar-refractivity contribution in [2.24, 2.45) is 0 Å². The molecule has 1 nitrogen and oxygen atoms in total.